The van der Waals surface area contributed by atoms with Crippen molar-refractivity contribution < 1.29 is 9.53 Å². The zero-order valence-electron chi connectivity index (χ0n) is 10.6. The number of thiazole rings is 1. The number of aldehydes is 1. The molecule has 2 fully saturated rings. The Labute approximate surface area is 111 Å². The molecule has 0 spiro atoms. The molecule has 0 radical (unpaired) electrons. The van der Waals surface area contributed by atoms with Gasteiger partial charge in [0.05, 0.1) is 29.3 Å². The van der Waals surface area contributed by atoms with Crippen molar-refractivity contribution in [3.63, 3.8) is 0 Å². The number of aryl methyl sites for hydroxylation is 1. The summed E-state index contributed by atoms with van der Waals surface area (Å²) in [6.45, 7) is 3.72. The number of aromatic nitrogens is 1. The van der Waals surface area contributed by atoms with E-state index >= 15 is 0 Å². The molecule has 0 aromatic carbocycles. The zero-order valence-corrected chi connectivity index (χ0v) is 11.4. The first-order valence-corrected chi connectivity index (χ1v) is 7.48. The van der Waals surface area contributed by atoms with Crippen molar-refractivity contribution in [2.75, 3.05) is 18.1 Å². The second kappa shape index (κ2) is 4.97. The highest BCUT2D eigenvalue weighted by atomic mass is 32.1. The molecular formula is C13H18N2O2S. The summed E-state index contributed by atoms with van der Waals surface area (Å²) in [5.41, 5.74) is 0.936. The minimum absolute atomic E-state index is 0.368. The number of nitrogens with zero attached hydrogens (tertiary/aromatic N) is 2. The molecule has 4 nitrogen and oxygen atoms in total. The van der Waals surface area contributed by atoms with Crippen LogP contribution in [0.2, 0.25) is 0 Å². The van der Waals surface area contributed by atoms with E-state index in [2.05, 4.69) is 9.88 Å². The summed E-state index contributed by atoms with van der Waals surface area (Å²) >= 11 is 1.53. The number of carbonyl (C=O) groups is 1. The summed E-state index contributed by atoms with van der Waals surface area (Å²) in [6.07, 6.45) is 5.71. The van der Waals surface area contributed by atoms with E-state index in [4.69, 9.17) is 4.74 Å². The molecule has 18 heavy (non-hydrogen) atoms. The van der Waals surface area contributed by atoms with Crippen LogP contribution in [0.1, 0.15) is 41.6 Å². The van der Waals surface area contributed by atoms with Crippen LogP contribution in [0, 0.1) is 0 Å². The number of hydrogen-bond donors (Lipinski definition) is 0. The molecule has 1 aliphatic carbocycles. The maximum atomic E-state index is 11.0. The Balaban J connectivity index is 1.88. The first kappa shape index (κ1) is 12.1. The van der Waals surface area contributed by atoms with Gasteiger partial charge >= 0.3 is 0 Å². The van der Waals surface area contributed by atoms with Gasteiger partial charge in [-0.1, -0.05) is 18.3 Å². The standard InChI is InChI=1S/C13H18N2O2S/c1-2-9-12(8-16)18-13(14-9)15-6-7-17-11-5-3-4-10(11)15/h8,10-11H,2-7H2,1H3. The van der Waals surface area contributed by atoms with Crippen LogP contribution < -0.4 is 4.90 Å². The second-order valence-electron chi connectivity index (χ2n) is 4.88. The van der Waals surface area contributed by atoms with Crippen LogP contribution in [-0.2, 0) is 11.2 Å². The van der Waals surface area contributed by atoms with Gasteiger partial charge in [0.25, 0.3) is 0 Å². The van der Waals surface area contributed by atoms with Crippen LogP contribution in [0.3, 0.4) is 0 Å². The molecular weight excluding hydrogens is 248 g/mol. The van der Waals surface area contributed by atoms with Gasteiger partial charge in [0.2, 0.25) is 0 Å². The lowest BCUT2D eigenvalue weighted by Gasteiger charge is -2.37. The first-order valence-electron chi connectivity index (χ1n) is 6.66. The van der Waals surface area contributed by atoms with Gasteiger partial charge in [0.1, 0.15) is 0 Å². The fourth-order valence-corrected chi connectivity index (χ4v) is 4.03. The quantitative estimate of drug-likeness (QED) is 0.787. The summed E-state index contributed by atoms with van der Waals surface area (Å²) in [5, 5.41) is 1.01. The topological polar surface area (TPSA) is 42.4 Å². The predicted octanol–water partition coefficient (Wildman–Crippen LogP) is 2.28. The van der Waals surface area contributed by atoms with Crippen molar-refractivity contribution in [2.45, 2.75) is 44.8 Å². The summed E-state index contributed by atoms with van der Waals surface area (Å²) < 4.78 is 5.81. The number of anilines is 1. The molecule has 1 aromatic heterocycles. The molecule has 1 saturated heterocycles. The summed E-state index contributed by atoms with van der Waals surface area (Å²) in [7, 11) is 0. The molecule has 2 atom stereocenters. The molecule has 1 saturated carbocycles. The highest BCUT2D eigenvalue weighted by Crippen LogP contribution is 2.35. The minimum atomic E-state index is 0.368. The lowest BCUT2D eigenvalue weighted by Crippen LogP contribution is -2.48. The van der Waals surface area contributed by atoms with Crippen LogP contribution in [0.4, 0.5) is 5.13 Å². The van der Waals surface area contributed by atoms with Crippen LogP contribution in [0.15, 0.2) is 0 Å². The molecule has 1 aromatic rings. The van der Waals surface area contributed by atoms with Gasteiger partial charge in [-0.25, -0.2) is 4.98 Å². The molecule has 98 valence electrons. The molecule has 2 heterocycles. The van der Waals surface area contributed by atoms with E-state index in [1.54, 1.807) is 0 Å². The average Bonchev–Trinajstić information content (AvgIpc) is 3.04. The fraction of sp³-hybridized carbons (Fsp3) is 0.692. The Hall–Kier alpha value is -0.940. The lowest BCUT2D eigenvalue weighted by molar-refractivity contribution is 0.0256. The van der Waals surface area contributed by atoms with Crippen molar-refractivity contribution in [2.24, 2.45) is 0 Å². The van der Waals surface area contributed by atoms with Gasteiger partial charge in [-0.15, -0.1) is 0 Å². The normalized spacial score (nSPS) is 27.3. The number of carbonyl (C=O) groups excluding carboxylic acids is 1. The smallest absolute Gasteiger partial charge is 0.186 e. The van der Waals surface area contributed by atoms with Crippen molar-refractivity contribution in [3.8, 4) is 0 Å². The van der Waals surface area contributed by atoms with Gasteiger partial charge < -0.3 is 9.64 Å². The highest BCUT2D eigenvalue weighted by Gasteiger charge is 2.37. The summed E-state index contributed by atoms with van der Waals surface area (Å²) in [4.78, 5) is 18.8. The van der Waals surface area contributed by atoms with Gasteiger partial charge in [-0.2, -0.15) is 0 Å². The number of rotatable bonds is 3. The van der Waals surface area contributed by atoms with Gasteiger partial charge in [-0.3, -0.25) is 4.79 Å². The number of morpholine rings is 1. The number of fused-ring (bicyclic) bond motifs is 1. The second-order valence-corrected chi connectivity index (χ2v) is 5.89. The third kappa shape index (κ3) is 1.95. The van der Waals surface area contributed by atoms with E-state index < -0.39 is 0 Å². The molecule has 0 N–H and O–H groups in total. The van der Waals surface area contributed by atoms with Crippen molar-refractivity contribution >= 4 is 22.8 Å². The van der Waals surface area contributed by atoms with E-state index in [9.17, 15) is 4.79 Å². The molecule has 0 amide bonds. The van der Waals surface area contributed by atoms with Gasteiger partial charge in [0.15, 0.2) is 11.4 Å². The summed E-state index contributed by atoms with van der Waals surface area (Å²) in [5.74, 6) is 0. The molecule has 2 aliphatic rings. The first-order chi connectivity index (χ1) is 8.83. The largest absolute Gasteiger partial charge is 0.374 e. The maximum absolute atomic E-state index is 11.0. The number of hydrogen-bond acceptors (Lipinski definition) is 5. The van der Waals surface area contributed by atoms with Gasteiger partial charge in [0, 0.05) is 6.54 Å². The molecule has 5 heteroatoms. The van der Waals surface area contributed by atoms with E-state index in [0.29, 0.717) is 12.1 Å². The minimum Gasteiger partial charge on any atom is -0.374 e. The molecule has 1 aliphatic heterocycles. The van der Waals surface area contributed by atoms with Crippen LogP contribution in [0.25, 0.3) is 0 Å². The van der Waals surface area contributed by atoms with Crippen LogP contribution in [-0.4, -0.2) is 36.6 Å². The lowest BCUT2D eigenvalue weighted by atomic mass is 10.1. The van der Waals surface area contributed by atoms with Crippen molar-refractivity contribution in [3.05, 3.63) is 10.6 Å². The van der Waals surface area contributed by atoms with Gasteiger partial charge in [-0.05, 0) is 25.7 Å². The fourth-order valence-electron chi connectivity index (χ4n) is 2.98. The molecule has 0 bridgehead atoms. The van der Waals surface area contributed by atoms with E-state index in [1.165, 1.54) is 24.2 Å². The third-order valence-corrected chi connectivity index (χ3v) is 4.95. The highest BCUT2D eigenvalue weighted by molar-refractivity contribution is 7.17. The molecule has 3 rings (SSSR count). The summed E-state index contributed by atoms with van der Waals surface area (Å²) in [6, 6.07) is 0.467. The predicted molar refractivity (Wildman–Crippen MR) is 71.6 cm³/mol. The maximum Gasteiger partial charge on any atom is 0.186 e. The number of ether oxygens (including phenoxy) is 1. The Bertz CT molecular complexity index is 446. The van der Waals surface area contributed by atoms with Crippen LogP contribution >= 0.6 is 11.3 Å². The monoisotopic (exact) mass is 266 g/mol. The van der Waals surface area contributed by atoms with Crippen molar-refractivity contribution in [1.82, 2.24) is 4.98 Å². The molecule has 2 unspecified atom stereocenters. The van der Waals surface area contributed by atoms with Crippen LogP contribution in [0.5, 0.6) is 0 Å². The SMILES string of the molecule is CCc1nc(N2CCOC3CCCC32)sc1C=O. The van der Waals surface area contributed by atoms with E-state index in [1.807, 2.05) is 6.92 Å². The zero-order chi connectivity index (χ0) is 12.5. The average molecular weight is 266 g/mol. The van der Waals surface area contributed by atoms with Crippen molar-refractivity contribution in [1.29, 1.82) is 0 Å². The Morgan fingerprint density at radius 2 is 2.44 bits per heavy atom. The third-order valence-electron chi connectivity index (χ3n) is 3.89. The Morgan fingerprint density at radius 1 is 1.56 bits per heavy atom. The van der Waals surface area contributed by atoms with E-state index in [0.717, 1.165) is 48.0 Å². The van der Waals surface area contributed by atoms with E-state index in [-0.39, 0.29) is 0 Å². The Morgan fingerprint density at radius 3 is 3.17 bits per heavy atom. The Kier molecular flexibility index (Phi) is 3.35.